The number of nitrogens with zero attached hydrogens (tertiary/aromatic N) is 1. The molecule has 0 spiro atoms. The van der Waals surface area contributed by atoms with Gasteiger partial charge in [0.1, 0.15) is 0 Å². The second kappa shape index (κ2) is 3.59. The number of morpholine rings is 1. The van der Waals surface area contributed by atoms with E-state index in [9.17, 15) is 9.59 Å². The summed E-state index contributed by atoms with van der Waals surface area (Å²) in [7, 11) is 0. The van der Waals surface area contributed by atoms with Crippen LogP contribution in [0.25, 0.3) is 0 Å². The van der Waals surface area contributed by atoms with Crippen LogP contribution >= 0.6 is 0 Å². The second-order valence-corrected chi connectivity index (χ2v) is 5.31. The third-order valence-electron chi connectivity index (χ3n) is 3.35. The van der Waals surface area contributed by atoms with Crippen LogP contribution in [-0.4, -0.2) is 36.0 Å². The highest BCUT2D eigenvalue weighted by atomic mass is 16.6. The second-order valence-electron chi connectivity index (χ2n) is 5.31. The van der Waals surface area contributed by atoms with Gasteiger partial charge >= 0.3 is 11.9 Å². The largest absolute Gasteiger partial charge is 0.391 e. The van der Waals surface area contributed by atoms with Crippen LogP contribution in [-0.2, 0) is 14.3 Å². The van der Waals surface area contributed by atoms with Gasteiger partial charge in [-0.05, 0) is 24.7 Å². The number of carbonyl (C=O) groups is 2. The Kier molecular flexibility index (Phi) is 2.54. The summed E-state index contributed by atoms with van der Waals surface area (Å²) in [4.78, 5) is 24.2. The molecule has 0 aromatic heterocycles. The molecule has 1 aliphatic carbocycles. The highest BCUT2D eigenvalue weighted by Gasteiger charge is 2.38. The highest BCUT2D eigenvalue weighted by molar-refractivity contribution is 5.90. The van der Waals surface area contributed by atoms with E-state index in [4.69, 9.17) is 0 Å². The average molecular weight is 211 g/mol. The van der Waals surface area contributed by atoms with Crippen molar-refractivity contribution in [3.63, 3.8) is 0 Å². The molecule has 1 heterocycles. The zero-order chi connectivity index (χ0) is 11.1. The van der Waals surface area contributed by atoms with Gasteiger partial charge in [-0.15, -0.1) is 0 Å². The summed E-state index contributed by atoms with van der Waals surface area (Å²) in [5.41, 5.74) is 0.342. The van der Waals surface area contributed by atoms with Gasteiger partial charge in [-0.2, -0.15) is 0 Å². The Morgan fingerprint density at radius 3 is 2.33 bits per heavy atom. The van der Waals surface area contributed by atoms with Crippen LogP contribution in [0.15, 0.2) is 0 Å². The van der Waals surface area contributed by atoms with Gasteiger partial charge in [-0.1, -0.05) is 13.8 Å². The predicted octanol–water partition coefficient (Wildman–Crippen LogP) is 0.951. The maximum absolute atomic E-state index is 11.1. The first kappa shape index (κ1) is 10.6. The van der Waals surface area contributed by atoms with E-state index in [1.54, 1.807) is 0 Å². The fourth-order valence-corrected chi connectivity index (χ4v) is 2.55. The van der Waals surface area contributed by atoms with E-state index >= 15 is 0 Å². The van der Waals surface area contributed by atoms with Crippen molar-refractivity contribution < 1.29 is 14.3 Å². The zero-order valence-corrected chi connectivity index (χ0v) is 9.28. The fourth-order valence-electron chi connectivity index (χ4n) is 2.55. The van der Waals surface area contributed by atoms with Gasteiger partial charge in [0.05, 0.1) is 13.1 Å². The number of hydrogen-bond acceptors (Lipinski definition) is 4. The summed E-state index contributed by atoms with van der Waals surface area (Å²) in [5.74, 6) is -0.813. The van der Waals surface area contributed by atoms with Gasteiger partial charge in [0.25, 0.3) is 0 Å². The van der Waals surface area contributed by atoms with Crippen molar-refractivity contribution >= 4 is 11.9 Å². The lowest BCUT2D eigenvalue weighted by Crippen LogP contribution is -2.47. The molecule has 0 bridgehead atoms. The van der Waals surface area contributed by atoms with Crippen molar-refractivity contribution in [3.05, 3.63) is 0 Å². The number of ether oxygens (including phenoxy) is 1. The Labute approximate surface area is 89.6 Å². The predicted molar refractivity (Wildman–Crippen MR) is 54.1 cm³/mol. The molecule has 0 radical (unpaired) electrons. The molecule has 4 heteroatoms. The van der Waals surface area contributed by atoms with E-state index in [1.807, 2.05) is 4.90 Å². The third-order valence-corrected chi connectivity index (χ3v) is 3.35. The molecule has 15 heavy (non-hydrogen) atoms. The molecule has 0 amide bonds. The molecular weight excluding hydrogens is 194 g/mol. The number of esters is 2. The highest BCUT2D eigenvalue weighted by Crippen LogP contribution is 2.39. The molecule has 2 fully saturated rings. The Hall–Kier alpha value is -0.900. The number of cyclic esters (lactones) is 2. The summed E-state index contributed by atoms with van der Waals surface area (Å²) in [6, 6.07) is 0.372. The van der Waals surface area contributed by atoms with E-state index in [0.717, 1.165) is 19.3 Å². The molecule has 4 nitrogen and oxygen atoms in total. The third kappa shape index (κ3) is 2.37. The lowest BCUT2D eigenvalue weighted by molar-refractivity contribution is -0.168. The maximum Gasteiger partial charge on any atom is 0.327 e. The summed E-state index contributed by atoms with van der Waals surface area (Å²) in [5, 5.41) is 0. The van der Waals surface area contributed by atoms with Crippen molar-refractivity contribution in [3.8, 4) is 0 Å². The summed E-state index contributed by atoms with van der Waals surface area (Å²) in [6.07, 6.45) is 3.30. The molecule has 1 unspecified atom stereocenters. The monoisotopic (exact) mass is 211 g/mol. The Morgan fingerprint density at radius 1 is 1.27 bits per heavy atom. The minimum absolute atomic E-state index is 0.270. The van der Waals surface area contributed by atoms with Crippen LogP contribution in [0.5, 0.6) is 0 Å². The topological polar surface area (TPSA) is 46.6 Å². The van der Waals surface area contributed by atoms with Gasteiger partial charge in [0, 0.05) is 6.04 Å². The summed E-state index contributed by atoms with van der Waals surface area (Å²) in [6.45, 7) is 5.01. The first-order chi connectivity index (χ1) is 6.96. The van der Waals surface area contributed by atoms with Crippen molar-refractivity contribution in [2.24, 2.45) is 5.41 Å². The van der Waals surface area contributed by atoms with E-state index < -0.39 is 11.9 Å². The van der Waals surface area contributed by atoms with Crippen LogP contribution in [0.4, 0.5) is 0 Å². The van der Waals surface area contributed by atoms with Gasteiger partial charge in [-0.25, -0.2) is 0 Å². The normalized spacial score (nSPS) is 31.7. The van der Waals surface area contributed by atoms with Crippen LogP contribution in [0.3, 0.4) is 0 Å². The molecule has 2 rings (SSSR count). The van der Waals surface area contributed by atoms with Crippen LogP contribution in [0.1, 0.15) is 33.1 Å². The molecular formula is C11H17NO3. The zero-order valence-electron chi connectivity index (χ0n) is 9.28. The first-order valence-corrected chi connectivity index (χ1v) is 5.44. The smallest absolute Gasteiger partial charge is 0.327 e. The molecule has 0 aromatic rings. The molecule has 1 saturated carbocycles. The van der Waals surface area contributed by atoms with Crippen LogP contribution < -0.4 is 0 Å². The molecule has 0 aromatic carbocycles. The Balaban J connectivity index is 1.99. The quantitative estimate of drug-likeness (QED) is 0.478. The summed E-state index contributed by atoms with van der Waals surface area (Å²) >= 11 is 0. The molecule has 84 valence electrons. The van der Waals surface area contributed by atoms with Gasteiger partial charge in [0.2, 0.25) is 0 Å². The van der Waals surface area contributed by atoms with E-state index in [0.29, 0.717) is 11.5 Å². The van der Waals surface area contributed by atoms with Crippen LogP contribution in [0.2, 0.25) is 0 Å². The van der Waals surface area contributed by atoms with Gasteiger partial charge in [-0.3, -0.25) is 14.5 Å². The van der Waals surface area contributed by atoms with E-state index in [1.165, 1.54) is 0 Å². The van der Waals surface area contributed by atoms with Gasteiger partial charge < -0.3 is 4.74 Å². The number of carbonyl (C=O) groups excluding carboxylic acids is 2. The average Bonchev–Trinajstić information content (AvgIpc) is 2.44. The minimum Gasteiger partial charge on any atom is -0.391 e. The molecule has 1 aliphatic heterocycles. The lowest BCUT2D eigenvalue weighted by atomic mass is 9.91. The fraction of sp³-hybridized carbons (Fsp3) is 0.818. The van der Waals surface area contributed by atoms with E-state index in [-0.39, 0.29) is 13.1 Å². The summed E-state index contributed by atoms with van der Waals surface area (Å²) < 4.78 is 4.51. The molecule has 1 atom stereocenters. The Morgan fingerprint density at radius 2 is 1.87 bits per heavy atom. The van der Waals surface area contributed by atoms with Crippen LogP contribution in [0, 0.1) is 5.41 Å². The standard InChI is InChI=1S/C11H17NO3/c1-11(2)4-3-8(5-11)12-6-9(13)15-10(14)7-12/h8H,3-7H2,1-2H3. The van der Waals surface area contributed by atoms with Gasteiger partial charge in [0.15, 0.2) is 0 Å². The minimum atomic E-state index is -0.407. The molecule has 1 saturated heterocycles. The molecule has 0 N–H and O–H groups in total. The first-order valence-electron chi connectivity index (χ1n) is 5.44. The van der Waals surface area contributed by atoms with E-state index in [2.05, 4.69) is 18.6 Å². The van der Waals surface area contributed by atoms with Crippen molar-refractivity contribution in [2.45, 2.75) is 39.2 Å². The van der Waals surface area contributed by atoms with Crippen molar-refractivity contribution in [1.82, 2.24) is 4.90 Å². The van der Waals surface area contributed by atoms with Crippen molar-refractivity contribution in [2.75, 3.05) is 13.1 Å². The maximum atomic E-state index is 11.1. The number of rotatable bonds is 1. The SMILES string of the molecule is CC1(C)CCC(N2CC(=O)OC(=O)C2)C1. The lowest BCUT2D eigenvalue weighted by Gasteiger charge is -2.30. The van der Waals surface area contributed by atoms with Crippen molar-refractivity contribution in [1.29, 1.82) is 0 Å². The number of hydrogen-bond donors (Lipinski definition) is 0. The Bertz CT molecular complexity index is 282. The molecule has 2 aliphatic rings.